The van der Waals surface area contributed by atoms with E-state index >= 15 is 0 Å². The first kappa shape index (κ1) is 21.6. The van der Waals surface area contributed by atoms with E-state index in [2.05, 4.69) is 5.32 Å². The number of carbonyl (C=O) groups excluding carboxylic acids is 1. The predicted octanol–water partition coefficient (Wildman–Crippen LogP) is 2.25. The molecule has 1 N–H and O–H groups in total. The molecule has 1 rings (SSSR count). The van der Waals surface area contributed by atoms with Crippen molar-refractivity contribution in [2.45, 2.75) is 52.0 Å². The first-order valence-electron chi connectivity index (χ1n) is 8.64. The smallest absolute Gasteiger partial charge is 0.243 e. The van der Waals surface area contributed by atoms with Gasteiger partial charge in [-0.2, -0.15) is 4.31 Å². The molecule has 0 fully saturated rings. The highest BCUT2D eigenvalue weighted by atomic mass is 32.2. The van der Waals surface area contributed by atoms with Gasteiger partial charge in [-0.05, 0) is 51.3 Å². The number of hydrogen-bond donors (Lipinski definition) is 1. The molecule has 0 unspecified atom stereocenters. The summed E-state index contributed by atoms with van der Waals surface area (Å²) in [6.45, 7) is 10.3. The van der Waals surface area contributed by atoms with Gasteiger partial charge in [0.2, 0.25) is 15.9 Å². The number of nitrogens with one attached hydrogen (secondary N) is 1. The second kappa shape index (κ2) is 9.89. The largest absolute Gasteiger partial charge is 0.379 e. The van der Waals surface area contributed by atoms with Crippen molar-refractivity contribution < 1.29 is 17.9 Å². The molecule has 1 aromatic carbocycles. The van der Waals surface area contributed by atoms with Crippen LogP contribution in [0.15, 0.2) is 23.1 Å². The van der Waals surface area contributed by atoms with E-state index in [-0.39, 0.29) is 30.0 Å². The number of likely N-dealkylation sites (N-methyl/N-ethyl adjacent to an activating group) is 1. The first-order chi connectivity index (χ1) is 11.7. The number of aryl methyl sites for hydroxylation is 2. The van der Waals surface area contributed by atoms with Gasteiger partial charge in [-0.15, -0.1) is 0 Å². The maximum absolute atomic E-state index is 12.8. The Bertz CT molecular complexity index is 672. The lowest BCUT2D eigenvalue weighted by Gasteiger charge is -2.21. The molecule has 0 radical (unpaired) electrons. The third kappa shape index (κ3) is 6.76. The normalized spacial score (nSPS) is 12.0. The molecular formula is C18H30N2O4S. The van der Waals surface area contributed by atoms with Crippen LogP contribution in [0.1, 0.15) is 38.3 Å². The van der Waals surface area contributed by atoms with Crippen molar-refractivity contribution >= 4 is 15.9 Å². The topological polar surface area (TPSA) is 75.7 Å². The van der Waals surface area contributed by atoms with Gasteiger partial charge in [0.05, 0.1) is 17.5 Å². The molecule has 0 atom stereocenters. The van der Waals surface area contributed by atoms with Crippen LogP contribution in [0, 0.1) is 13.8 Å². The zero-order valence-electron chi connectivity index (χ0n) is 15.8. The number of ether oxygens (including phenoxy) is 1. The van der Waals surface area contributed by atoms with E-state index in [0.717, 1.165) is 5.56 Å². The molecule has 0 heterocycles. The van der Waals surface area contributed by atoms with Crippen LogP contribution < -0.4 is 5.32 Å². The van der Waals surface area contributed by atoms with Gasteiger partial charge >= 0.3 is 0 Å². The zero-order chi connectivity index (χ0) is 19.0. The number of rotatable bonds is 10. The number of hydrogen-bond acceptors (Lipinski definition) is 4. The maximum atomic E-state index is 12.8. The predicted molar refractivity (Wildman–Crippen MR) is 99.1 cm³/mol. The van der Waals surface area contributed by atoms with Crippen LogP contribution >= 0.6 is 0 Å². The molecule has 0 aliphatic carbocycles. The van der Waals surface area contributed by atoms with Crippen LogP contribution in [0.2, 0.25) is 0 Å². The van der Waals surface area contributed by atoms with E-state index in [1.807, 2.05) is 26.8 Å². The lowest BCUT2D eigenvalue weighted by atomic mass is 10.2. The SMILES string of the molecule is CCN(CC(=O)NCCCOC(C)C)S(=O)(=O)c1cc(C)ccc1C. The van der Waals surface area contributed by atoms with Gasteiger partial charge in [-0.1, -0.05) is 19.1 Å². The minimum Gasteiger partial charge on any atom is -0.379 e. The minimum absolute atomic E-state index is 0.161. The van der Waals surface area contributed by atoms with Crippen molar-refractivity contribution in [3.05, 3.63) is 29.3 Å². The standard InChI is InChI=1S/C18H30N2O4S/c1-6-20(13-18(21)19-10-7-11-24-14(2)3)25(22,23)17-12-15(4)8-9-16(17)5/h8-9,12,14H,6-7,10-11,13H2,1-5H3,(H,19,21). The molecule has 0 bridgehead atoms. The summed E-state index contributed by atoms with van der Waals surface area (Å²) >= 11 is 0. The van der Waals surface area contributed by atoms with Crippen molar-refractivity contribution in [2.24, 2.45) is 0 Å². The van der Waals surface area contributed by atoms with Gasteiger partial charge in [0.25, 0.3) is 0 Å². The number of amides is 1. The number of sulfonamides is 1. The molecule has 0 aromatic heterocycles. The lowest BCUT2D eigenvalue weighted by Crippen LogP contribution is -2.41. The Morgan fingerprint density at radius 1 is 1.28 bits per heavy atom. The summed E-state index contributed by atoms with van der Waals surface area (Å²) in [5.41, 5.74) is 1.55. The average molecular weight is 371 g/mol. The summed E-state index contributed by atoms with van der Waals surface area (Å²) in [6.07, 6.45) is 0.855. The fraction of sp³-hybridized carbons (Fsp3) is 0.611. The highest BCUT2D eigenvalue weighted by Crippen LogP contribution is 2.21. The van der Waals surface area contributed by atoms with E-state index < -0.39 is 10.0 Å². The van der Waals surface area contributed by atoms with Crippen LogP contribution in [-0.4, -0.2) is 51.0 Å². The van der Waals surface area contributed by atoms with Crippen molar-refractivity contribution in [1.82, 2.24) is 9.62 Å². The minimum atomic E-state index is -3.70. The van der Waals surface area contributed by atoms with Crippen LogP contribution in [0.25, 0.3) is 0 Å². The number of benzene rings is 1. The van der Waals surface area contributed by atoms with Crippen molar-refractivity contribution in [3.8, 4) is 0 Å². The summed E-state index contributed by atoms with van der Waals surface area (Å²) in [5, 5.41) is 2.75. The Hall–Kier alpha value is -1.44. The molecule has 0 spiro atoms. The lowest BCUT2D eigenvalue weighted by molar-refractivity contribution is -0.121. The third-order valence-electron chi connectivity index (χ3n) is 3.73. The summed E-state index contributed by atoms with van der Waals surface area (Å²) in [5.74, 6) is -0.305. The van der Waals surface area contributed by atoms with Gasteiger partial charge in [0.15, 0.2) is 0 Å². The van der Waals surface area contributed by atoms with E-state index in [9.17, 15) is 13.2 Å². The van der Waals surface area contributed by atoms with Gasteiger partial charge in [0, 0.05) is 19.7 Å². The van der Waals surface area contributed by atoms with E-state index in [4.69, 9.17) is 4.74 Å². The molecule has 1 aromatic rings. The second-order valence-corrected chi connectivity index (χ2v) is 8.23. The van der Waals surface area contributed by atoms with Crippen LogP contribution in [-0.2, 0) is 19.6 Å². The van der Waals surface area contributed by atoms with Crippen molar-refractivity contribution in [2.75, 3.05) is 26.2 Å². The molecule has 142 valence electrons. The van der Waals surface area contributed by atoms with E-state index in [1.165, 1.54) is 4.31 Å². The van der Waals surface area contributed by atoms with Gasteiger partial charge in [-0.3, -0.25) is 4.79 Å². The summed E-state index contributed by atoms with van der Waals surface area (Å²) in [4.78, 5) is 12.3. The third-order valence-corrected chi connectivity index (χ3v) is 5.79. The number of nitrogens with zero attached hydrogens (tertiary/aromatic N) is 1. The molecule has 7 heteroatoms. The summed E-state index contributed by atoms with van der Waals surface area (Å²) in [7, 11) is -3.70. The Morgan fingerprint density at radius 3 is 2.56 bits per heavy atom. The monoisotopic (exact) mass is 370 g/mol. The fourth-order valence-electron chi connectivity index (χ4n) is 2.33. The molecule has 0 aliphatic rings. The van der Waals surface area contributed by atoms with Gasteiger partial charge in [-0.25, -0.2) is 8.42 Å². The van der Waals surface area contributed by atoms with Crippen LogP contribution in [0.3, 0.4) is 0 Å². The van der Waals surface area contributed by atoms with E-state index in [1.54, 1.807) is 26.0 Å². The maximum Gasteiger partial charge on any atom is 0.243 e. The molecular weight excluding hydrogens is 340 g/mol. The number of carbonyl (C=O) groups is 1. The van der Waals surface area contributed by atoms with Crippen molar-refractivity contribution in [1.29, 1.82) is 0 Å². The average Bonchev–Trinajstić information content (AvgIpc) is 2.53. The molecule has 0 aliphatic heterocycles. The summed E-state index contributed by atoms with van der Waals surface area (Å²) < 4.78 is 32.3. The Balaban J connectivity index is 2.68. The first-order valence-corrected chi connectivity index (χ1v) is 10.1. The molecule has 0 saturated heterocycles. The summed E-state index contributed by atoms with van der Waals surface area (Å²) in [6, 6.07) is 5.30. The highest BCUT2D eigenvalue weighted by Gasteiger charge is 2.26. The quantitative estimate of drug-likeness (QED) is 0.641. The second-order valence-electron chi connectivity index (χ2n) is 6.32. The molecule has 1 amide bonds. The van der Waals surface area contributed by atoms with E-state index in [0.29, 0.717) is 25.1 Å². The molecule has 25 heavy (non-hydrogen) atoms. The highest BCUT2D eigenvalue weighted by molar-refractivity contribution is 7.89. The van der Waals surface area contributed by atoms with Crippen LogP contribution in [0.5, 0.6) is 0 Å². The van der Waals surface area contributed by atoms with Crippen molar-refractivity contribution in [3.63, 3.8) is 0 Å². The zero-order valence-corrected chi connectivity index (χ0v) is 16.6. The van der Waals surface area contributed by atoms with Gasteiger partial charge in [0.1, 0.15) is 0 Å². The Labute approximate surface area is 151 Å². The van der Waals surface area contributed by atoms with Crippen LogP contribution in [0.4, 0.5) is 0 Å². The fourth-order valence-corrected chi connectivity index (χ4v) is 4.04. The Morgan fingerprint density at radius 2 is 1.96 bits per heavy atom. The Kier molecular flexibility index (Phi) is 8.55. The molecule has 0 saturated carbocycles. The van der Waals surface area contributed by atoms with Gasteiger partial charge < -0.3 is 10.1 Å². The molecule has 6 nitrogen and oxygen atoms in total.